The van der Waals surface area contributed by atoms with Gasteiger partial charge in [-0.1, -0.05) is 39.5 Å². The Morgan fingerprint density at radius 3 is 1.05 bits per heavy atom. The van der Waals surface area contributed by atoms with Crippen LogP contribution in [0.3, 0.4) is 0 Å². The van der Waals surface area contributed by atoms with E-state index in [-0.39, 0.29) is 32.7 Å². The van der Waals surface area contributed by atoms with Gasteiger partial charge >= 0.3 is 7.60 Å². The van der Waals surface area contributed by atoms with Crippen LogP contribution in [-0.2, 0) is 73.0 Å². The minimum Gasteiger partial charge on any atom is -0.324 e. The molecule has 0 bridgehead atoms. The third-order valence-electron chi connectivity index (χ3n) is 4.71. The fourth-order valence-electron chi connectivity index (χ4n) is 3.46. The van der Waals surface area contributed by atoms with Gasteiger partial charge in [0.1, 0.15) is 0 Å². The van der Waals surface area contributed by atoms with Crippen molar-refractivity contribution in [2.24, 2.45) is 11.3 Å². The van der Waals surface area contributed by atoms with Crippen molar-refractivity contribution >= 4 is 52.1 Å². The molecule has 0 heterocycles. The summed E-state index contributed by atoms with van der Waals surface area (Å²) < 4.78 is 79.8. The predicted octanol–water partition coefficient (Wildman–Crippen LogP) is 9.23. The molecular weight excluding hydrogens is 694 g/mol. The Labute approximate surface area is 267 Å². The molecule has 9 nitrogen and oxygen atoms in total. The minimum atomic E-state index is -3.46. The van der Waals surface area contributed by atoms with Crippen molar-refractivity contribution in [2.45, 2.75) is 46.4 Å². The Kier molecular flexibility index (Phi) is 22.8. The van der Waals surface area contributed by atoms with E-state index in [0.29, 0.717) is 11.2 Å². The van der Waals surface area contributed by atoms with Crippen molar-refractivity contribution in [3.63, 3.8) is 0 Å². The Hall–Kier alpha value is 2.43. The SMILES string of the molecule is CP(C)(=O)OP(C)(=O)OP(C)(C)=O.CP(C)(=O)OP(C)(C)=O.CP(C)(C)=O.[B]C1CC(CC)C(C)(C)[C-]1C.[Y]. The van der Waals surface area contributed by atoms with E-state index < -0.39 is 44.2 Å². The van der Waals surface area contributed by atoms with E-state index in [1.807, 2.05) is 0 Å². The first kappa shape index (κ1) is 48.3. The van der Waals surface area contributed by atoms with E-state index >= 15 is 0 Å². The molecule has 0 saturated heterocycles. The van der Waals surface area contributed by atoms with Crippen molar-refractivity contribution < 1.29 is 73.0 Å². The molecule has 17 heteroatoms. The van der Waals surface area contributed by atoms with Crippen molar-refractivity contribution in [2.75, 3.05) is 80.0 Å². The summed E-state index contributed by atoms with van der Waals surface area (Å²) in [5, 5.41) is 0. The molecule has 2 unspecified atom stereocenters. The van der Waals surface area contributed by atoms with Crippen molar-refractivity contribution in [3.05, 3.63) is 5.92 Å². The average Bonchev–Trinajstić information content (AvgIpc) is 2.68. The number of hydrogen-bond acceptors (Lipinski definition) is 9. The molecular formula is C22H54BO9P6Y-. The Balaban J connectivity index is -0.000000217. The summed E-state index contributed by atoms with van der Waals surface area (Å²) in [6.07, 6.45) is 2.45. The van der Waals surface area contributed by atoms with Gasteiger partial charge in [0.15, 0.2) is 0 Å². The first-order valence-corrected chi connectivity index (χ1v) is 27.3. The van der Waals surface area contributed by atoms with Gasteiger partial charge in [0.2, 0.25) is 29.5 Å². The Bertz CT molecular complexity index is 949. The molecule has 0 N–H and O–H groups in total. The standard InChI is InChI=1S/C10H18B.C5H15O5P3.C4H12O3P2.C3H9OP.Y/c1-5-8-6-9(11)7(2)10(8,3)4;1-11(2,6)9-13(5,8)10-12(3,4)7;1-8(2,5)7-9(3,4)6;1-5(2,3)4;/h8-9H,5-6H2,1-4H3;1-5H3;1-4H3;1-3H3;/q-1;;;;. The van der Waals surface area contributed by atoms with Crippen LogP contribution < -0.4 is 0 Å². The van der Waals surface area contributed by atoms with Crippen LogP contribution in [0.5, 0.6) is 0 Å². The first-order valence-electron chi connectivity index (χ1n) is 12.1. The van der Waals surface area contributed by atoms with Gasteiger partial charge in [-0.3, -0.25) is 35.8 Å². The molecule has 0 aliphatic heterocycles. The Morgan fingerprint density at radius 2 is 0.949 bits per heavy atom. The minimum absolute atomic E-state index is 0. The number of hydrogen-bond donors (Lipinski definition) is 0. The van der Waals surface area contributed by atoms with Gasteiger partial charge < -0.3 is 10.5 Å². The first-order chi connectivity index (χ1) is 16.1. The smallest absolute Gasteiger partial charge is 0.324 e. The van der Waals surface area contributed by atoms with Crippen LogP contribution in [0, 0.1) is 17.3 Å². The van der Waals surface area contributed by atoms with E-state index in [4.69, 9.17) is 20.8 Å². The van der Waals surface area contributed by atoms with E-state index in [0.717, 1.165) is 12.6 Å². The van der Waals surface area contributed by atoms with Crippen molar-refractivity contribution in [1.82, 2.24) is 0 Å². The normalized spacial score (nSPS) is 20.2. The van der Waals surface area contributed by atoms with Gasteiger partial charge in [0, 0.05) is 101 Å². The van der Waals surface area contributed by atoms with Crippen LogP contribution in [-0.4, -0.2) is 87.8 Å². The molecule has 233 valence electrons. The summed E-state index contributed by atoms with van der Waals surface area (Å²) in [7, 11) is -9.98. The maximum absolute atomic E-state index is 11.5. The summed E-state index contributed by atoms with van der Waals surface area (Å²) >= 11 is 0. The molecule has 1 fully saturated rings. The maximum Gasteiger partial charge on any atom is 0.338 e. The molecule has 0 aromatic rings. The molecule has 1 aliphatic rings. The fourth-order valence-corrected chi connectivity index (χ4v) is 13.3. The zero-order valence-electron chi connectivity index (χ0n) is 27.1. The van der Waals surface area contributed by atoms with Gasteiger partial charge in [-0.15, -0.1) is 0 Å². The molecule has 39 heavy (non-hydrogen) atoms. The van der Waals surface area contributed by atoms with Crippen LogP contribution in [0.1, 0.15) is 40.5 Å². The van der Waals surface area contributed by atoms with Crippen LogP contribution in [0.4, 0.5) is 0 Å². The van der Waals surface area contributed by atoms with E-state index in [1.165, 1.54) is 72.1 Å². The van der Waals surface area contributed by atoms with E-state index in [1.54, 1.807) is 20.0 Å². The van der Waals surface area contributed by atoms with E-state index in [2.05, 4.69) is 27.7 Å². The summed E-state index contributed by atoms with van der Waals surface area (Å²) in [5.74, 6) is 2.65. The third kappa shape index (κ3) is 33.2. The summed E-state index contributed by atoms with van der Waals surface area (Å²) in [5.41, 5.74) is 0.383. The van der Waals surface area contributed by atoms with Crippen molar-refractivity contribution in [3.8, 4) is 0 Å². The number of rotatable bonds is 7. The fraction of sp³-hybridized carbons (Fsp3) is 0.955. The Morgan fingerprint density at radius 1 is 0.692 bits per heavy atom. The summed E-state index contributed by atoms with van der Waals surface area (Å²) in [4.78, 5) is 0. The van der Waals surface area contributed by atoms with Gasteiger partial charge in [0.05, 0.1) is 7.14 Å². The van der Waals surface area contributed by atoms with E-state index in [9.17, 15) is 27.4 Å². The molecule has 0 aromatic heterocycles. The molecule has 1 aliphatic carbocycles. The third-order valence-corrected chi connectivity index (χ3v) is 13.4. The zero-order valence-corrected chi connectivity index (χ0v) is 35.3. The largest absolute Gasteiger partial charge is 0.338 e. The molecule has 1 saturated carbocycles. The molecule has 0 spiro atoms. The van der Waals surface area contributed by atoms with Crippen LogP contribution >= 0.6 is 44.2 Å². The van der Waals surface area contributed by atoms with Gasteiger partial charge in [-0.2, -0.15) is 18.2 Å². The molecule has 0 amide bonds. The average molecular weight is 748 g/mol. The molecule has 0 aromatic carbocycles. The maximum atomic E-state index is 11.5. The second-order valence-electron chi connectivity index (χ2n) is 12.3. The van der Waals surface area contributed by atoms with Gasteiger partial charge in [-0.25, -0.2) is 0 Å². The second-order valence-corrected chi connectivity index (χ2v) is 29.6. The van der Waals surface area contributed by atoms with Crippen LogP contribution in [0.2, 0.25) is 5.82 Å². The van der Waals surface area contributed by atoms with Gasteiger partial charge in [-0.05, 0) is 20.0 Å². The quantitative estimate of drug-likeness (QED) is 0.142. The van der Waals surface area contributed by atoms with Crippen LogP contribution in [0.15, 0.2) is 0 Å². The predicted molar refractivity (Wildman–Crippen MR) is 171 cm³/mol. The van der Waals surface area contributed by atoms with Gasteiger partial charge in [0.25, 0.3) is 0 Å². The monoisotopic (exact) mass is 748 g/mol. The molecule has 2 atom stereocenters. The zero-order chi connectivity index (χ0) is 31.8. The van der Waals surface area contributed by atoms with Crippen molar-refractivity contribution in [1.29, 1.82) is 0 Å². The van der Waals surface area contributed by atoms with Crippen LogP contribution in [0.25, 0.3) is 0 Å². The summed E-state index contributed by atoms with van der Waals surface area (Å²) in [6.45, 7) is 26.6. The topological polar surface area (TPSA) is 130 Å². The summed E-state index contributed by atoms with van der Waals surface area (Å²) in [6, 6.07) is 0. The second kappa shape index (κ2) is 18.4. The molecule has 1 rings (SSSR count). The molecule has 3 radical (unpaired) electrons.